The standard InChI is InChI=1S/C24H15NO/c26-17-20-8-11-21(12-9-20)23-15-13-22-16-19(10-14-24(22)25-23)7-6-18-4-2-1-3-5-18/h1-5,8-17H. The average Bonchev–Trinajstić information content (AvgIpc) is 2.72. The molecule has 0 aliphatic rings. The van der Waals surface area contributed by atoms with Crippen molar-refractivity contribution in [2.24, 2.45) is 0 Å². The molecule has 3 aromatic carbocycles. The first-order chi connectivity index (χ1) is 12.8. The quantitative estimate of drug-likeness (QED) is 0.377. The Bertz CT molecular complexity index is 1130. The summed E-state index contributed by atoms with van der Waals surface area (Å²) in [6.07, 6.45) is 0.843. The highest BCUT2D eigenvalue weighted by Gasteiger charge is 2.02. The molecule has 0 spiro atoms. The molecule has 0 unspecified atom stereocenters. The Morgan fingerprint density at radius 1 is 0.731 bits per heavy atom. The minimum Gasteiger partial charge on any atom is -0.298 e. The average molecular weight is 333 g/mol. The van der Waals surface area contributed by atoms with Crippen molar-refractivity contribution < 1.29 is 4.79 Å². The molecule has 4 aromatic rings. The molecule has 26 heavy (non-hydrogen) atoms. The topological polar surface area (TPSA) is 30.0 Å². The van der Waals surface area contributed by atoms with Gasteiger partial charge in [-0.15, -0.1) is 0 Å². The Balaban J connectivity index is 1.66. The van der Waals surface area contributed by atoms with Crippen molar-refractivity contribution in [3.05, 3.63) is 102 Å². The zero-order chi connectivity index (χ0) is 17.8. The van der Waals surface area contributed by atoms with Crippen LogP contribution in [-0.2, 0) is 0 Å². The second kappa shape index (κ2) is 7.04. The van der Waals surface area contributed by atoms with E-state index < -0.39 is 0 Å². The van der Waals surface area contributed by atoms with Crippen molar-refractivity contribution in [3.8, 4) is 23.1 Å². The lowest BCUT2D eigenvalue weighted by molar-refractivity contribution is 0.112. The fraction of sp³-hybridized carbons (Fsp3) is 0. The molecule has 2 nitrogen and oxygen atoms in total. The number of aldehydes is 1. The van der Waals surface area contributed by atoms with E-state index >= 15 is 0 Å². The number of carbonyl (C=O) groups excluding carboxylic acids is 1. The number of fused-ring (bicyclic) bond motifs is 1. The van der Waals surface area contributed by atoms with Crippen LogP contribution in [0, 0.1) is 11.8 Å². The number of hydrogen-bond donors (Lipinski definition) is 0. The highest BCUT2D eigenvalue weighted by molar-refractivity contribution is 5.83. The number of rotatable bonds is 2. The zero-order valence-electron chi connectivity index (χ0n) is 14.0. The van der Waals surface area contributed by atoms with Gasteiger partial charge in [0.1, 0.15) is 6.29 Å². The Morgan fingerprint density at radius 2 is 1.50 bits per heavy atom. The number of hydrogen-bond acceptors (Lipinski definition) is 2. The summed E-state index contributed by atoms with van der Waals surface area (Å²) in [6.45, 7) is 0. The van der Waals surface area contributed by atoms with Gasteiger partial charge in [0.05, 0.1) is 11.2 Å². The van der Waals surface area contributed by atoms with Crippen molar-refractivity contribution in [2.45, 2.75) is 0 Å². The van der Waals surface area contributed by atoms with Gasteiger partial charge in [-0.25, -0.2) is 4.98 Å². The van der Waals surface area contributed by atoms with Gasteiger partial charge >= 0.3 is 0 Å². The smallest absolute Gasteiger partial charge is 0.150 e. The number of benzene rings is 3. The normalized spacial score (nSPS) is 10.2. The lowest BCUT2D eigenvalue weighted by atomic mass is 10.1. The van der Waals surface area contributed by atoms with Gasteiger partial charge in [0.25, 0.3) is 0 Å². The fourth-order valence-electron chi connectivity index (χ4n) is 2.76. The van der Waals surface area contributed by atoms with Crippen LogP contribution in [0.15, 0.2) is 84.9 Å². The molecule has 0 N–H and O–H groups in total. The van der Waals surface area contributed by atoms with Crippen LogP contribution in [0.5, 0.6) is 0 Å². The molecule has 0 fully saturated rings. The molecule has 1 aromatic heterocycles. The van der Waals surface area contributed by atoms with Crippen molar-refractivity contribution in [2.75, 3.05) is 0 Å². The summed E-state index contributed by atoms with van der Waals surface area (Å²) < 4.78 is 0. The van der Waals surface area contributed by atoms with Gasteiger partial charge < -0.3 is 0 Å². The van der Waals surface area contributed by atoms with Gasteiger partial charge in [0.15, 0.2) is 0 Å². The molecule has 0 saturated heterocycles. The number of aromatic nitrogens is 1. The zero-order valence-corrected chi connectivity index (χ0v) is 14.0. The molecule has 122 valence electrons. The van der Waals surface area contributed by atoms with Gasteiger partial charge in [0.2, 0.25) is 0 Å². The fourth-order valence-corrected chi connectivity index (χ4v) is 2.76. The molecule has 2 heteroatoms. The van der Waals surface area contributed by atoms with E-state index in [0.717, 1.165) is 39.6 Å². The summed E-state index contributed by atoms with van der Waals surface area (Å²) in [5.74, 6) is 6.38. The number of nitrogens with zero attached hydrogens (tertiary/aromatic N) is 1. The molecular formula is C24H15NO. The van der Waals surface area contributed by atoms with E-state index in [1.807, 2.05) is 60.7 Å². The summed E-state index contributed by atoms with van der Waals surface area (Å²) in [5.41, 5.74) is 5.43. The van der Waals surface area contributed by atoms with E-state index in [4.69, 9.17) is 4.98 Å². The molecule has 0 bridgehead atoms. The first kappa shape index (κ1) is 15.8. The van der Waals surface area contributed by atoms with Crippen molar-refractivity contribution in [3.63, 3.8) is 0 Å². The molecule has 0 radical (unpaired) electrons. The van der Waals surface area contributed by atoms with Crippen LogP contribution >= 0.6 is 0 Å². The first-order valence-corrected chi connectivity index (χ1v) is 8.35. The molecule has 1 heterocycles. The van der Waals surface area contributed by atoms with Crippen LogP contribution in [0.25, 0.3) is 22.2 Å². The Morgan fingerprint density at radius 3 is 2.27 bits per heavy atom. The summed E-state index contributed by atoms with van der Waals surface area (Å²) in [7, 11) is 0. The number of carbonyl (C=O) groups is 1. The molecule has 0 atom stereocenters. The SMILES string of the molecule is O=Cc1ccc(-c2ccc3cc(C#Cc4ccccc4)ccc3n2)cc1. The third-order valence-corrected chi connectivity index (χ3v) is 4.16. The minimum absolute atomic E-state index is 0.663. The predicted octanol–water partition coefficient (Wildman–Crippen LogP) is 5.11. The van der Waals surface area contributed by atoms with E-state index in [-0.39, 0.29) is 0 Å². The van der Waals surface area contributed by atoms with Gasteiger partial charge in [-0.2, -0.15) is 0 Å². The van der Waals surface area contributed by atoms with E-state index in [9.17, 15) is 4.79 Å². The van der Waals surface area contributed by atoms with Crippen molar-refractivity contribution in [1.29, 1.82) is 0 Å². The van der Waals surface area contributed by atoms with Crippen molar-refractivity contribution in [1.82, 2.24) is 4.98 Å². The summed E-state index contributed by atoms with van der Waals surface area (Å²) in [4.78, 5) is 15.5. The second-order valence-electron chi connectivity index (χ2n) is 5.96. The lowest BCUT2D eigenvalue weighted by Gasteiger charge is -2.04. The van der Waals surface area contributed by atoms with Gasteiger partial charge in [-0.1, -0.05) is 60.4 Å². The van der Waals surface area contributed by atoms with E-state index in [0.29, 0.717) is 5.56 Å². The van der Waals surface area contributed by atoms with Crippen LogP contribution in [0.1, 0.15) is 21.5 Å². The Hall–Kier alpha value is -3.70. The molecule has 0 saturated carbocycles. The van der Waals surface area contributed by atoms with Crippen LogP contribution in [0.3, 0.4) is 0 Å². The molecule has 0 aliphatic carbocycles. The Kier molecular flexibility index (Phi) is 4.28. The van der Waals surface area contributed by atoms with Gasteiger partial charge in [0, 0.05) is 27.6 Å². The summed E-state index contributed by atoms with van der Waals surface area (Å²) >= 11 is 0. The van der Waals surface area contributed by atoms with Crippen LogP contribution < -0.4 is 0 Å². The highest BCUT2D eigenvalue weighted by Crippen LogP contribution is 2.22. The maximum atomic E-state index is 10.8. The van der Waals surface area contributed by atoms with Crippen LogP contribution in [0.2, 0.25) is 0 Å². The van der Waals surface area contributed by atoms with Crippen molar-refractivity contribution >= 4 is 17.2 Å². The highest BCUT2D eigenvalue weighted by atomic mass is 16.1. The predicted molar refractivity (Wildman–Crippen MR) is 105 cm³/mol. The van der Waals surface area contributed by atoms with Crippen LogP contribution in [-0.4, -0.2) is 11.3 Å². The van der Waals surface area contributed by atoms with E-state index in [1.54, 1.807) is 12.1 Å². The second-order valence-corrected chi connectivity index (χ2v) is 5.96. The lowest BCUT2D eigenvalue weighted by Crippen LogP contribution is -1.87. The molecular weight excluding hydrogens is 318 g/mol. The first-order valence-electron chi connectivity index (χ1n) is 8.35. The van der Waals surface area contributed by atoms with E-state index in [2.05, 4.69) is 24.0 Å². The largest absolute Gasteiger partial charge is 0.298 e. The van der Waals surface area contributed by atoms with Gasteiger partial charge in [-0.3, -0.25) is 4.79 Å². The minimum atomic E-state index is 0.663. The maximum Gasteiger partial charge on any atom is 0.150 e. The molecule has 0 amide bonds. The summed E-state index contributed by atoms with van der Waals surface area (Å²) in [6, 6.07) is 27.5. The van der Waals surface area contributed by atoms with E-state index in [1.165, 1.54) is 0 Å². The van der Waals surface area contributed by atoms with Gasteiger partial charge in [-0.05, 0) is 36.4 Å². The third-order valence-electron chi connectivity index (χ3n) is 4.16. The number of pyridine rings is 1. The monoisotopic (exact) mass is 333 g/mol. The summed E-state index contributed by atoms with van der Waals surface area (Å²) in [5, 5.41) is 1.05. The third kappa shape index (κ3) is 3.38. The van der Waals surface area contributed by atoms with Crippen LogP contribution in [0.4, 0.5) is 0 Å². The Labute approximate surface area is 152 Å². The maximum absolute atomic E-state index is 10.8. The molecule has 4 rings (SSSR count). The molecule has 0 aliphatic heterocycles.